The number of nitrogens with one attached hydrogen (secondary N) is 2. The van der Waals surface area contributed by atoms with Gasteiger partial charge in [-0.05, 0) is 44.4 Å². The predicted molar refractivity (Wildman–Crippen MR) is 107 cm³/mol. The number of sulfonamides is 1. The fourth-order valence-corrected chi connectivity index (χ4v) is 5.86. The van der Waals surface area contributed by atoms with Crippen molar-refractivity contribution in [1.29, 1.82) is 0 Å². The number of benzene rings is 1. The normalized spacial score (nSPS) is 16.1. The van der Waals surface area contributed by atoms with Crippen LogP contribution in [0.1, 0.15) is 37.1 Å². The minimum atomic E-state index is -3.92. The molecule has 0 radical (unpaired) electrons. The molecule has 0 spiro atoms. The van der Waals surface area contributed by atoms with Crippen molar-refractivity contribution >= 4 is 30.9 Å². The Labute approximate surface area is 168 Å². The van der Waals surface area contributed by atoms with Crippen molar-refractivity contribution in [2.75, 3.05) is 6.26 Å². The maximum Gasteiger partial charge on any atom is 0.243 e. The molecule has 1 aliphatic carbocycles. The zero-order valence-corrected chi connectivity index (χ0v) is 17.9. The number of rotatable bonds is 5. The molecular weight excluding hydrogens is 416 g/mol. The lowest BCUT2D eigenvalue weighted by atomic mass is 10.0. The van der Waals surface area contributed by atoms with E-state index in [-0.39, 0.29) is 21.6 Å². The lowest BCUT2D eigenvalue weighted by molar-refractivity contribution is 0.393. The number of nitrogens with zero attached hydrogens (tertiary/aromatic N) is 2. The second-order valence-electron chi connectivity index (χ2n) is 7.49. The molecule has 29 heavy (non-hydrogen) atoms. The molecule has 1 aliphatic rings. The highest BCUT2D eigenvalue weighted by Crippen LogP contribution is 2.34. The Morgan fingerprint density at radius 1 is 1.14 bits per heavy atom. The van der Waals surface area contributed by atoms with Crippen molar-refractivity contribution in [3.05, 3.63) is 23.6 Å². The number of hydrogen-bond acceptors (Lipinski definition) is 7. The summed E-state index contributed by atoms with van der Waals surface area (Å²) in [6.07, 6.45) is 4.53. The molecule has 1 aromatic carbocycles. The highest BCUT2D eigenvalue weighted by Gasteiger charge is 2.28. The summed E-state index contributed by atoms with van der Waals surface area (Å²) in [4.78, 5) is 6.76. The van der Waals surface area contributed by atoms with Crippen LogP contribution in [-0.4, -0.2) is 44.3 Å². The SMILES string of the molecule is Cc1noc(C)c1-c1cc(S(=O)(=O)NC2CCCC2)c2nc(S(C)(=O)=O)[nH]c2c1. The van der Waals surface area contributed by atoms with Gasteiger partial charge in [-0.3, -0.25) is 0 Å². The maximum absolute atomic E-state index is 13.2. The van der Waals surface area contributed by atoms with Crippen molar-refractivity contribution in [2.45, 2.75) is 55.6 Å². The maximum atomic E-state index is 13.2. The molecule has 2 N–H and O–H groups in total. The molecule has 1 saturated carbocycles. The summed E-state index contributed by atoms with van der Waals surface area (Å²) in [7, 11) is -7.57. The summed E-state index contributed by atoms with van der Waals surface area (Å²) in [6.45, 7) is 3.50. The van der Waals surface area contributed by atoms with E-state index in [2.05, 4.69) is 19.8 Å². The first-order chi connectivity index (χ1) is 13.6. The number of hydrogen-bond donors (Lipinski definition) is 2. The highest BCUT2D eigenvalue weighted by molar-refractivity contribution is 7.90. The van der Waals surface area contributed by atoms with Crippen LogP contribution in [0.5, 0.6) is 0 Å². The van der Waals surface area contributed by atoms with Crippen LogP contribution >= 0.6 is 0 Å². The van der Waals surface area contributed by atoms with Crippen molar-refractivity contribution in [3.63, 3.8) is 0 Å². The molecule has 4 rings (SSSR count). The van der Waals surface area contributed by atoms with Crippen molar-refractivity contribution in [3.8, 4) is 11.1 Å². The van der Waals surface area contributed by atoms with Crippen LogP contribution in [0.4, 0.5) is 0 Å². The lowest BCUT2D eigenvalue weighted by Gasteiger charge is -2.14. The lowest BCUT2D eigenvalue weighted by Crippen LogP contribution is -2.32. The Bertz CT molecular complexity index is 1280. The van der Waals surface area contributed by atoms with Crippen LogP contribution in [0, 0.1) is 13.8 Å². The van der Waals surface area contributed by atoms with E-state index >= 15 is 0 Å². The average molecular weight is 439 g/mol. The monoisotopic (exact) mass is 438 g/mol. The molecule has 0 amide bonds. The fraction of sp³-hybridized carbons (Fsp3) is 0.444. The number of aromatic amines is 1. The summed E-state index contributed by atoms with van der Waals surface area (Å²) in [5, 5.41) is 3.65. The second kappa shape index (κ2) is 6.92. The van der Waals surface area contributed by atoms with Crippen LogP contribution in [0.3, 0.4) is 0 Å². The molecule has 2 heterocycles. The third-order valence-electron chi connectivity index (χ3n) is 5.17. The van der Waals surface area contributed by atoms with Crippen LogP contribution in [0.25, 0.3) is 22.2 Å². The van der Waals surface area contributed by atoms with Gasteiger partial charge >= 0.3 is 0 Å². The van der Waals surface area contributed by atoms with Gasteiger partial charge in [0.2, 0.25) is 25.0 Å². The van der Waals surface area contributed by atoms with Gasteiger partial charge in [0.25, 0.3) is 0 Å². The third-order valence-corrected chi connectivity index (χ3v) is 7.60. The number of aromatic nitrogens is 3. The summed E-state index contributed by atoms with van der Waals surface area (Å²) in [5.74, 6) is 0.539. The number of H-pyrrole nitrogens is 1. The second-order valence-corrected chi connectivity index (χ2v) is 11.1. The predicted octanol–water partition coefficient (Wildman–Crippen LogP) is 2.46. The minimum absolute atomic E-state index is 0.0666. The minimum Gasteiger partial charge on any atom is -0.361 e. The van der Waals surface area contributed by atoms with Gasteiger partial charge in [0.05, 0.1) is 11.2 Å². The molecule has 2 aromatic heterocycles. The first kappa shape index (κ1) is 20.0. The van der Waals surface area contributed by atoms with Crippen LogP contribution in [0.2, 0.25) is 0 Å². The Morgan fingerprint density at radius 2 is 1.83 bits per heavy atom. The first-order valence-electron chi connectivity index (χ1n) is 9.25. The van der Waals surface area contributed by atoms with E-state index in [1.165, 1.54) is 6.07 Å². The molecule has 0 atom stereocenters. The Morgan fingerprint density at radius 3 is 2.41 bits per heavy atom. The smallest absolute Gasteiger partial charge is 0.243 e. The van der Waals surface area contributed by atoms with Gasteiger partial charge in [0.1, 0.15) is 16.2 Å². The molecule has 0 aliphatic heterocycles. The quantitative estimate of drug-likeness (QED) is 0.624. The van der Waals surface area contributed by atoms with Crippen molar-refractivity contribution < 1.29 is 21.4 Å². The Balaban J connectivity index is 1.96. The summed E-state index contributed by atoms with van der Waals surface area (Å²) < 4.78 is 58.3. The molecular formula is C18H22N4O5S2. The third kappa shape index (κ3) is 3.69. The van der Waals surface area contributed by atoms with Gasteiger partial charge in [-0.25, -0.2) is 26.5 Å². The topological polar surface area (TPSA) is 135 Å². The van der Waals surface area contributed by atoms with Gasteiger partial charge in [0.15, 0.2) is 0 Å². The number of imidazole rings is 1. The standard InChI is InChI=1S/C18H22N4O5S2/c1-10-16(11(2)27-21-10)12-8-14-17(20-18(19-14)28(3,23)24)15(9-12)29(25,26)22-13-6-4-5-7-13/h8-9,13,22H,4-7H2,1-3H3,(H,19,20). The van der Waals surface area contributed by atoms with Gasteiger partial charge < -0.3 is 9.51 Å². The summed E-state index contributed by atoms with van der Waals surface area (Å²) >= 11 is 0. The number of aryl methyl sites for hydroxylation is 2. The molecule has 9 nitrogen and oxygen atoms in total. The molecule has 0 bridgehead atoms. The Kier molecular flexibility index (Phi) is 4.79. The van der Waals surface area contributed by atoms with Crippen LogP contribution in [0.15, 0.2) is 26.7 Å². The van der Waals surface area contributed by atoms with Gasteiger partial charge in [0, 0.05) is 17.9 Å². The van der Waals surface area contributed by atoms with E-state index in [1.807, 2.05) is 0 Å². The molecule has 0 saturated heterocycles. The van der Waals surface area contributed by atoms with Crippen molar-refractivity contribution in [1.82, 2.24) is 19.8 Å². The molecule has 11 heteroatoms. The van der Waals surface area contributed by atoms with Crippen LogP contribution < -0.4 is 4.72 Å². The first-order valence-corrected chi connectivity index (χ1v) is 12.6. The van der Waals surface area contributed by atoms with Gasteiger partial charge in [-0.2, -0.15) is 0 Å². The van der Waals surface area contributed by atoms with E-state index in [9.17, 15) is 16.8 Å². The number of sulfone groups is 1. The average Bonchev–Trinajstić information content (AvgIpc) is 3.33. The van der Waals surface area contributed by atoms with E-state index < -0.39 is 19.9 Å². The summed E-state index contributed by atoms with van der Waals surface area (Å²) in [6, 6.07) is 3.03. The van der Waals surface area contributed by atoms with E-state index in [0.29, 0.717) is 28.1 Å². The zero-order chi connectivity index (χ0) is 21.0. The van der Waals surface area contributed by atoms with Gasteiger partial charge in [-0.15, -0.1) is 0 Å². The molecule has 1 fully saturated rings. The van der Waals surface area contributed by atoms with E-state index in [1.54, 1.807) is 19.9 Å². The van der Waals surface area contributed by atoms with E-state index in [0.717, 1.165) is 31.9 Å². The molecule has 0 unspecified atom stereocenters. The highest BCUT2D eigenvalue weighted by atomic mass is 32.2. The van der Waals surface area contributed by atoms with Crippen molar-refractivity contribution in [2.24, 2.45) is 0 Å². The zero-order valence-electron chi connectivity index (χ0n) is 16.3. The number of fused-ring (bicyclic) bond motifs is 1. The van der Waals surface area contributed by atoms with Crippen LogP contribution in [-0.2, 0) is 19.9 Å². The van der Waals surface area contributed by atoms with E-state index in [4.69, 9.17) is 4.52 Å². The summed E-state index contributed by atoms with van der Waals surface area (Å²) in [5.41, 5.74) is 2.24. The fourth-order valence-electron chi connectivity index (χ4n) is 3.81. The van der Waals surface area contributed by atoms with Gasteiger partial charge in [-0.1, -0.05) is 18.0 Å². The Hall–Kier alpha value is -2.24. The molecule has 156 valence electrons. The molecule has 3 aromatic rings. The largest absolute Gasteiger partial charge is 0.361 e.